The van der Waals surface area contributed by atoms with Gasteiger partial charge >= 0.3 is 5.97 Å². The van der Waals surface area contributed by atoms with Crippen LogP contribution in [0.3, 0.4) is 0 Å². The number of aromatic nitrogens is 3. The zero-order valence-electron chi connectivity index (χ0n) is 15.2. The molecule has 26 heavy (non-hydrogen) atoms. The molecule has 7 nitrogen and oxygen atoms in total. The Hall–Kier alpha value is -1.92. The summed E-state index contributed by atoms with van der Waals surface area (Å²) in [4.78, 5) is 26.6. The molecule has 0 radical (unpaired) electrons. The van der Waals surface area contributed by atoms with Crippen LogP contribution in [0.1, 0.15) is 56.6 Å². The lowest BCUT2D eigenvalue weighted by Crippen LogP contribution is -2.53. The molecular weight excluding hydrogens is 332 g/mol. The Balaban J connectivity index is 1.38. The van der Waals surface area contributed by atoms with Crippen LogP contribution >= 0.6 is 0 Å². The van der Waals surface area contributed by atoms with Gasteiger partial charge in [-0.25, -0.2) is 4.79 Å². The van der Waals surface area contributed by atoms with Crippen molar-refractivity contribution in [1.82, 2.24) is 19.7 Å². The normalized spacial score (nSPS) is 37.7. The molecule has 5 aliphatic rings. The summed E-state index contributed by atoms with van der Waals surface area (Å²) in [7, 11) is 0. The minimum Gasteiger partial charge on any atom is -0.480 e. The summed E-state index contributed by atoms with van der Waals surface area (Å²) < 4.78 is 1.83. The van der Waals surface area contributed by atoms with Crippen LogP contribution in [0.25, 0.3) is 0 Å². The largest absolute Gasteiger partial charge is 0.480 e. The SMILES string of the molecule is Cc1nnc2n1CC(C(=O)O)N(C(=O)CC13CC4CC(CC(C4)C1)C3)C2. The monoisotopic (exact) mass is 358 g/mol. The molecule has 0 spiro atoms. The zero-order chi connectivity index (χ0) is 18.1. The quantitative estimate of drug-likeness (QED) is 0.893. The molecule has 7 heteroatoms. The van der Waals surface area contributed by atoms with Gasteiger partial charge in [-0.05, 0) is 68.6 Å². The van der Waals surface area contributed by atoms with Crippen molar-refractivity contribution in [2.45, 2.75) is 71.0 Å². The van der Waals surface area contributed by atoms with Crippen LogP contribution < -0.4 is 0 Å². The highest BCUT2D eigenvalue weighted by Crippen LogP contribution is 2.61. The minimum absolute atomic E-state index is 0.00810. The van der Waals surface area contributed by atoms with Gasteiger partial charge in [0.25, 0.3) is 0 Å². The minimum atomic E-state index is -0.942. The van der Waals surface area contributed by atoms with Gasteiger partial charge < -0.3 is 14.6 Å². The van der Waals surface area contributed by atoms with Gasteiger partial charge in [-0.3, -0.25) is 4.79 Å². The van der Waals surface area contributed by atoms with E-state index in [1.54, 1.807) is 4.90 Å². The molecule has 6 rings (SSSR count). The number of hydrogen-bond donors (Lipinski definition) is 1. The van der Waals surface area contributed by atoms with Gasteiger partial charge in [-0.15, -0.1) is 10.2 Å². The fourth-order valence-corrected chi connectivity index (χ4v) is 6.72. The average Bonchev–Trinajstić information content (AvgIpc) is 2.92. The first-order chi connectivity index (χ1) is 12.4. The number of nitrogens with zero attached hydrogens (tertiary/aromatic N) is 4. The van der Waals surface area contributed by atoms with Crippen LogP contribution in [0.15, 0.2) is 0 Å². The van der Waals surface area contributed by atoms with Crippen LogP contribution in [-0.2, 0) is 22.7 Å². The number of aliphatic carboxylic acids is 1. The van der Waals surface area contributed by atoms with Crippen molar-refractivity contribution in [3.63, 3.8) is 0 Å². The van der Waals surface area contributed by atoms with Gasteiger partial charge in [-0.2, -0.15) is 0 Å². The predicted molar refractivity (Wildman–Crippen MR) is 92.0 cm³/mol. The van der Waals surface area contributed by atoms with Crippen molar-refractivity contribution in [3.8, 4) is 0 Å². The molecule has 1 aromatic rings. The topological polar surface area (TPSA) is 88.3 Å². The second kappa shape index (κ2) is 5.54. The number of carboxylic acids is 1. The smallest absolute Gasteiger partial charge is 0.328 e. The molecule has 1 unspecified atom stereocenters. The molecule has 4 fully saturated rings. The number of carbonyl (C=O) groups excluding carboxylic acids is 1. The molecule has 4 bridgehead atoms. The van der Waals surface area contributed by atoms with E-state index >= 15 is 0 Å². The maximum absolute atomic E-state index is 13.2. The van der Waals surface area contributed by atoms with Gasteiger partial charge in [0.05, 0.1) is 13.1 Å². The molecule has 0 saturated heterocycles. The van der Waals surface area contributed by atoms with Crippen molar-refractivity contribution in [1.29, 1.82) is 0 Å². The fraction of sp³-hybridized carbons (Fsp3) is 0.789. The summed E-state index contributed by atoms with van der Waals surface area (Å²) >= 11 is 0. The van der Waals surface area contributed by atoms with Gasteiger partial charge in [-0.1, -0.05) is 0 Å². The third-order valence-electron chi connectivity index (χ3n) is 7.35. The van der Waals surface area contributed by atoms with Crippen LogP contribution in [0, 0.1) is 30.1 Å². The lowest BCUT2D eigenvalue weighted by Gasteiger charge is -2.57. The van der Waals surface area contributed by atoms with Gasteiger partial charge in [0.1, 0.15) is 11.9 Å². The van der Waals surface area contributed by atoms with E-state index in [2.05, 4.69) is 10.2 Å². The molecule has 0 aromatic carbocycles. The lowest BCUT2D eigenvalue weighted by atomic mass is 9.49. The molecule has 2 heterocycles. The van der Waals surface area contributed by atoms with E-state index in [9.17, 15) is 14.7 Å². The predicted octanol–water partition coefficient (Wildman–Crippen LogP) is 1.99. The van der Waals surface area contributed by atoms with E-state index in [1.807, 2.05) is 11.5 Å². The summed E-state index contributed by atoms with van der Waals surface area (Å²) in [6.07, 6.45) is 8.02. The Morgan fingerprint density at radius 1 is 1.12 bits per heavy atom. The molecule has 140 valence electrons. The van der Waals surface area contributed by atoms with Crippen LogP contribution in [0.5, 0.6) is 0 Å². The highest BCUT2D eigenvalue weighted by Gasteiger charge is 2.52. The maximum atomic E-state index is 13.2. The first-order valence-corrected chi connectivity index (χ1v) is 9.83. The van der Waals surface area contributed by atoms with E-state index in [4.69, 9.17) is 0 Å². The molecule has 4 saturated carbocycles. The van der Waals surface area contributed by atoms with E-state index in [0.717, 1.165) is 37.0 Å². The Bertz CT molecular complexity index is 736. The Kier molecular flexibility index (Phi) is 3.46. The maximum Gasteiger partial charge on any atom is 0.328 e. The first kappa shape index (κ1) is 16.3. The average molecular weight is 358 g/mol. The number of amides is 1. The van der Waals surface area contributed by atoms with Crippen LogP contribution in [0.2, 0.25) is 0 Å². The van der Waals surface area contributed by atoms with Crippen molar-refractivity contribution in [2.24, 2.45) is 23.2 Å². The van der Waals surface area contributed by atoms with Gasteiger partial charge in [0, 0.05) is 6.42 Å². The van der Waals surface area contributed by atoms with E-state index < -0.39 is 12.0 Å². The third kappa shape index (κ3) is 2.47. The highest BCUT2D eigenvalue weighted by atomic mass is 16.4. The van der Waals surface area contributed by atoms with E-state index in [0.29, 0.717) is 18.1 Å². The number of hydrogen-bond acceptors (Lipinski definition) is 4. The molecule has 1 aliphatic heterocycles. The molecule has 1 N–H and O–H groups in total. The number of carbonyl (C=O) groups is 2. The zero-order valence-corrected chi connectivity index (χ0v) is 15.2. The summed E-state index contributed by atoms with van der Waals surface area (Å²) in [5, 5.41) is 17.9. The second-order valence-corrected chi connectivity index (χ2v) is 9.24. The summed E-state index contributed by atoms with van der Waals surface area (Å²) in [6, 6.07) is -0.821. The summed E-state index contributed by atoms with van der Waals surface area (Å²) in [5.74, 6) is 2.82. The third-order valence-corrected chi connectivity index (χ3v) is 7.35. The second-order valence-electron chi connectivity index (χ2n) is 9.24. The number of carboxylic acid groups (broad SMARTS) is 1. The summed E-state index contributed by atoms with van der Waals surface area (Å²) in [6.45, 7) is 2.32. The van der Waals surface area contributed by atoms with Crippen LogP contribution in [-0.4, -0.2) is 42.7 Å². The Labute approximate surface area is 152 Å². The Morgan fingerprint density at radius 2 is 1.73 bits per heavy atom. The number of rotatable bonds is 3. The van der Waals surface area contributed by atoms with Crippen molar-refractivity contribution < 1.29 is 14.7 Å². The molecule has 1 atom stereocenters. The Morgan fingerprint density at radius 3 is 2.31 bits per heavy atom. The number of aryl methyl sites for hydroxylation is 1. The summed E-state index contributed by atoms with van der Waals surface area (Å²) in [5.41, 5.74) is 0.121. The highest BCUT2D eigenvalue weighted by molar-refractivity contribution is 5.84. The van der Waals surface area contributed by atoms with Gasteiger partial charge in [0.15, 0.2) is 5.82 Å². The van der Waals surface area contributed by atoms with Gasteiger partial charge in [0.2, 0.25) is 5.91 Å². The van der Waals surface area contributed by atoms with E-state index in [-0.39, 0.29) is 24.4 Å². The van der Waals surface area contributed by atoms with Crippen molar-refractivity contribution >= 4 is 11.9 Å². The van der Waals surface area contributed by atoms with E-state index in [1.165, 1.54) is 19.3 Å². The molecule has 4 aliphatic carbocycles. The standard InChI is InChI=1S/C19H26N4O3/c1-11-20-21-16-10-23(15(18(25)26)9-22(11)16)17(24)8-19-5-12-2-13(6-19)4-14(3-12)7-19/h12-15H,2-10H2,1H3,(H,25,26). The molecule has 1 amide bonds. The van der Waals surface area contributed by atoms with Crippen LogP contribution in [0.4, 0.5) is 0 Å². The number of fused-ring (bicyclic) bond motifs is 1. The van der Waals surface area contributed by atoms with Crippen molar-refractivity contribution in [3.05, 3.63) is 11.6 Å². The molecular formula is C19H26N4O3. The fourth-order valence-electron chi connectivity index (χ4n) is 6.72. The van der Waals surface area contributed by atoms with Crippen molar-refractivity contribution in [2.75, 3.05) is 0 Å². The first-order valence-electron chi connectivity index (χ1n) is 9.83. The molecule has 1 aromatic heterocycles. The lowest BCUT2D eigenvalue weighted by molar-refractivity contribution is -0.156.